The number of hydrogen-bond donors (Lipinski definition) is 0. The Kier molecular flexibility index (Phi) is 4.23. The molecule has 0 amide bonds. The summed E-state index contributed by atoms with van der Waals surface area (Å²) in [4.78, 5) is 9.89. The van der Waals surface area contributed by atoms with Gasteiger partial charge < -0.3 is 4.74 Å². The smallest absolute Gasteiger partial charge is 0.346 e. The van der Waals surface area contributed by atoms with Crippen LogP contribution in [0.1, 0.15) is 13.8 Å². The second-order valence-corrected chi connectivity index (χ2v) is 4.61. The van der Waals surface area contributed by atoms with E-state index in [1.807, 2.05) is 13.8 Å². The van der Waals surface area contributed by atoms with E-state index in [9.17, 15) is 14.5 Å². The minimum Gasteiger partial charge on any atom is -0.486 e. The largest absolute Gasteiger partial charge is 0.486 e. The third kappa shape index (κ3) is 3.16. The Balaban J connectivity index is 3.09. The summed E-state index contributed by atoms with van der Waals surface area (Å²) in [7, 11) is 0. The van der Waals surface area contributed by atoms with Crippen LogP contribution in [-0.4, -0.2) is 11.5 Å². The zero-order valence-corrected chi connectivity index (χ0v) is 10.5. The molecule has 6 heteroatoms. The molecule has 0 saturated heterocycles. The fraction of sp³-hybridized carbons (Fsp3) is 0.400. The lowest BCUT2D eigenvalue weighted by atomic mass is 10.2. The van der Waals surface area contributed by atoms with E-state index in [-0.39, 0.29) is 11.7 Å². The molecule has 16 heavy (non-hydrogen) atoms. The Morgan fingerprint density at radius 1 is 1.56 bits per heavy atom. The summed E-state index contributed by atoms with van der Waals surface area (Å²) in [5.41, 5.74) is -0.621. The SMILES string of the molecule is CC(C)COc1cc(Br)cc(F)c1[N+](=O)[O-]. The molecule has 0 aliphatic rings. The van der Waals surface area contributed by atoms with Gasteiger partial charge in [-0.25, -0.2) is 0 Å². The van der Waals surface area contributed by atoms with Gasteiger partial charge in [0.15, 0.2) is 0 Å². The Morgan fingerprint density at radius 2 is 2.19 bits per heavy atom. The Bertz CT molecular complexity index is 409. The molecule has 88 valence electrons. The molecule has 1 aromatic rings. The molecule has 0 saturated carbocycles. The zero-order valence-electron chi connectivity index (χ0n) is 8.87. The quantitative estimate of drug-likeness (QED) is 0.630. The highest BCUT2D eigenvalue weighted by Gasteiger charge is 2.22. The van der Waals surface area contributed by atoms with Crippen LogP contribution >= 0.6 is 15.9 Å². The van der Waals surface area contributed by atoms with E-state index in [0.717, 1.165) is 6.07 Å². The lowest BCUT2D eigenvalue weighted by molar-refractivity contribution is -0.388. The predicted octanol–water partition coefficient (Wildman–Crippen LogP) is 3.53. The van der Waals surface area contributed by atoms with Crippen LogP contribution in [0.25, 0.3) is 0 Å². The normalized spacial score (nSPS) is 10.6. The zero-order chi connectivity index (χ0) is 12.3. The fourth-order valence-corrected chi connectivity index (χ4v) is 1.49. The molecule has 4 nitrogen and oxygen atoms in total. The van der Waals surface area contributed by atoms with Gasteiger partial charge in [0.1, 0.15) is 0 Å². The molecule has 0 radical (unpaired) electrons. The van der Waals surface area contributed by atoms with Crippen molar-refractivity contribution in [2.45, 2.75) is 13.8 Å². The molecule has 0 fully saturated rings. The van der Waals surface area contributed by atoms with Crippen LogP contribution in [0, 0.1) is 21.8 Å². The number of ether oxygens (including phenoxy) is 1. The second-order valence-electron chi connectivity index (χ2n) is 3.70. The van der Waals surface area contributed by atoms with Gasteiger partial charge in [0, 0.05) is 10.5 Å². The van der Waals surface area contributed by atoms with Crippen molar-refractivity contribution in [3.8, 4) is 5.75 Å². The Labute approximate surface area is 101 Å². The van der Waals surface area contributed by atoms with Crippen LogP contribution in [0.5, 0.6) is 5.75 Å². The van der Waals surface area contributed by atoms with Crippen molar-refractivity contribution >= 4 is 21.6 Å². The summed E-state index contributed by atoms with van der Waals surface area (Å²) in [6, 6.07) is 2.43. The molecule has 1 rings (SSSR count). The molecule has 0 heterocycles. The topological polar surface area (TPSA) is 52.4 Å². The van der Waals surface area contributed by atoms with Gasteiger partial charge in [-0.2, -0.15) is 4.39 Å². The van der Waals surface area contributed by atoms with Crippen LogP contribution in [-0.2, 0) is 0 Å². The first-order chi connectivity index (χ1) is 7.41. The van der Waals surface area contributed by atoms with Gasteiger partial charge >= 0.3 is 5.69 Å². The van der Waals surface area contributed by atoms with E-state index in [2.05, 4.69) is 15.9 Å². The maximum absolute atomic E-state index is 13.3. The van der Waals surface area contributed by atoms with Crippen LogP contribution < -0.4 is 4.74 Å². The van der Waals surface area contributed by atoms with Crippen LogP contribution in [0.4, 0.5) is 10.1 Å². The summed E-state index contributed by atoms with van der Waals surface area (Å²) in [5, 5.41) is 10.7. The summed E-state index contributed by atoms with van der Waals surface area (Å²) in [5.74, 6) is -0.745. The van der Waals surface area contributed by atoms with Crippen molar-refractivity contribution in [1.82, 2.24) is 0 Å². The third-order valence-electron chi connectivity index (χ3n) is 1.75. The standard InChI is InChI=1S/C10H11BrFNO3/c1-6(2)5-16-9-4-7(11)3-8(12)10(9)13(14)15/h3-4,6H,5H2,1-2H3. The van der Waals surface area contributed by atoms with Gasteiger partial charge in [0.05, 0.1) is 11.5 Å². The average Bonchev–Trinajstić information content (AvgIpc) is 2.12. The highest BCUT2D eigenvalue weighted by molar-refractivity contribution is 9.10. The molecule has 0 N–H and O–H groups in total. The van der Waals surface area contributed by atoms with Crippen LogP contribution in [0.15, 0.2) is 16.6 Å². The van der Waals surface area contributed by atoms with Crippen molar-refractivity contribution in [1.29, 1.82) is 0 Å². The maximum atomic E-state index is 13.3. The molecule has 1 aromatic carbocycles. The molecule has 0 unspecified atom stereocenters. The second kappa shape index (κ2) is 5.25. The molecule has 0 atom stereocenters. The number of hydrogen-bond acceptors (Lipinski definition) is 3. The number of nitro benzene ring substituents is 1. The van der Waals surface area contributed by atoms with Crippen molar-refractivity contribution in [3.05, 3.63) is 32.5 Å². The molecule has 0 bridgehead atoms. The van der Waals surface area contributed by atoms with Gasteiger partial charge in [-0.3, -0.25) is 10.1 Å². The van der Waals surface area contributed by atoms with Gasteiger partial charge in [-0.15, -0.1) is 0 Å². The molecule has 0 aliphatic heterocycles. The number of benzene rings is 1. The third-order valence-corrected chi connectivity index (χ3v) is 2.21. The van der Waals surface area contributed by atoms with E-state index < -0.39 is 16.4 Å². The summed E-state index contributed by atoms with van der Waals surface area (Å²) < 4.78 is 19.0. The van der Waals surface area contributed by atoms with E-state index in [4.69, 9.17) is 4.74 Å². The summed E-state index contributed by atoms with van der Waals surface area (Å²) in [6.45, 7) is 4.11. The predicted molar refractivity (Wildman–Crippen MR) is 61.1 cm³/mol. The van der Waals surface area contributed by atoms with Crippen molar-refractivity contribution in [2.75, 3.05) is 6.61 Å². The lowest BCUT2D eigenvalue weighted by Gasteiger charge is -2.09. The Morgan fingerprint density at radius 3 is 2.69 bits per heavy atom. The highest BCUT2D eigenvalue weighted by Crippen LogP contribution is 2.33. The molecule has 0 spiro atoms. The summed E-state index contributed by atoms with van der Waals surface area (Å²) >= 11 is 3.06. The van der Waals surface area contributed by atoms with Gasteiger partial charge in [0.2, 0.25) is 11.6 Å². The first-order valence-electron chi connectivity index (χ1n) is 4.68. The van der Waals surface area contributed by atoms with Gasteiger partial charge in [-0.1, -0.05) is 29.8 Å². The van der Waals surface area contributed by atoms with Gasteiger partial charge in [0.25, 0.3) is 0 Å². The monoisotopic (exact) mass is 291 g/mol. The molecular formula is C10H11BrFNO3. The van der Waals surface area contributed by atoms with Crippen molar-refractivity contribution < 1.29 is 14.1 Å². The number of rotatable bonds is 4. The minimum atomic E-state index is -0.905. The van der Waals surface area contributed by atoms with Crippen LogP contribution in [0.3, 0.4) is 0 Å². The maximum Gasteiger partial charge on any atom is 0.346 e. The van der Waals surface area contributed by atoms with E-state index >= 15 is 0 Å². The molecular weight excluding hydrogens is 281 g/mol. The number of nitro groups is 1. The van der Waals surface area contributed by atoms with Gasteiger partial charge in [-0.05, 0) is 12.0 Å². The lowest BCUT2D eigenvalue weighted by Crippen LogP contribution is -2.07. The Hall–Kier alpha value is -1.17. The fourth-order valence-electron chi connectivity index (χ4n) is 1.09. The first kappa shape index (κ1) is 12.9. The molecule has 0 aliphatic carbocycles. The van der Waals surface area contributed by atoms with E-state index in [1.54, 1.807) is 0 Å². The number of halogens is 2. The van der Waals surface area contributed by atoms with E-state index in [1.165, 1.54) is 6.07 Å². The summed E-state index contributed by atoms with van der Waals surface area (Å²) in [6.07, 6.45) is 0. The average molecular weight is 292 g/mol. The minimum absolute atomic E-state index is 0.0504. The van der Waals surface area contributed by atoms with Crippen LogP contribution in [0.2, 0.25) is 0 Å². The van der Waals surface area contributed by atoms with E-state index in [0.29, 0.717) is 11.1 Å². The molecule has 0 aromatic heterocycles. The number of nitrogens with zero attached hydrogens (tertiary/aromatic N) is 1. The first-order valence-corrected chi connectivity index (χ1v) is 5.47. The van der Waals surface area contributed by atoms with Crippen molar-refractivity contribution in [3.63, 3.8) is 0 Å². The highest BCUT2D eigenvalue weighted by atomic mass is 79.9. The van der Waals surface area contributed by atoms with Crippen molar-refractivity contribution in [2.24, 2.45) is 5.92 Å².